The van der Waals surface area contributed by atoms with E-state index in [9.17, 15) is 4.79 Å². The summed E-state index contributed by atoms with van der Waals surface area (Å²) in [4.78, 5) is 12.9. The van der Waals surface area contributed by atoms with Gasteiger partial charge in [0.05, 0.1) is 7.11 Å². The van der Waals surface area contributed by atoms with E-state index in [0.717, 1.165) is 6.42 Å². The normalized spacial score (nSPS) is 15.0. The molecular formula is C28H42BNO2S. The van der Waals surface area contributed by atoms with Crippen LogP contribution in [0.3, 0.4) is 0 Å². The highest BCUT2D eigenvalue weighted by atomic mass is 32.3. The van der Waals surface area contributed by atoms with E-state index in [1.807, 2.05) is 0 Å². The molecule has 2 aromatic rings. The van der Waals surface area contributed by atoms with Crippen LogP contribution in [0.1, 0.15) is 52.7 Å². The van der Waals surface area contributed by atoms with Crippen molar-refractivity contribution in [2.24, 2.45) is 10.8 Å². The number of fused-ring (bicyclic) bond motifs is 3. The number of carbonyl (C=O) groups is 1. The van der Waals surface area contributed by atoms with Crippen molar-refractivity contribution in [1.29, 1.82) is 0 Å². The van der Waals surface area contributed by atoms with Gasteiger partial charge in [-0.2, -0.15) is 10.2 Å². The molecule has 33 heavy (non-hydrogen) atoms. The van der Waals surface area contributed by atoms with Crippen molar-refractivity contribution in [3.8, 4) is 11.1 Å². The van der Waals surface area contributed by atoms with E-state index in [1.54, 1.807) is 0 Å². The lowest BCUT2D eigenvalue weighted by molar-refractivity contribution is -0.139. The van der Waals surface area contributed by atoms with Crippen LogP contribution < -0.4 is 10.2 Å². The lowest BCUT2D eigenvalue weighted by Crippen LogP contribution is -2.43. The fourth-order valence-corrected chi connectivity index (χ4v) is 6.27. The lowest BCUT2D eigenvalue weighted by atomic mass is 9.32. The summed E-state index contributed by atoms with van der Waals surface area (Å²) < 4.78 is 8.21. The van der Waals surface area contributed by atoms with E-state index < -0.39 is 10.2 Å². The van der Waals surface area contributed by atoms with Crippen LogP contribution in [0.5, 0.6) is 0 Å². The zero-order chi connectivity index (χ0) is 24.8. The average Bonchev–Trinajstić information content (AvgIpc) is 3.12. The maximum Gasteiger partial charge on any atom is 0.320 e. The summed E-state index contributed by atoms with van der Waals surface area (Å²) >= 11 is 0. The van der Waals surface area contributed by atoms with Crippen LogP contribution in [0.25, 0.3) is 11.1 Å². The van der Waals surface area contributed by atoms with Gasteiger partial charge in [-0.05, 0) is 64.1 Å². The number of carbonyl (C=O) groups excluding carboxylic acids is 1. The fraction of sp³-hybridized carbons (Fsp3) is 0.536. The minimum Gasteiger partial charge on any atom is -0.468 e. The predicted octanol–water partition coefficient (Wildman–Crippen LogP) is 6.15. The van der Waals surface area contributed by atoms with Gasteiger partial charge in [0.15, 0.2) is 6.71 Å². The van der Waals surface area contributed by atoms with Crippen molar-refractivity contribution in [2.45, 2.75) is 65.5 Å². The Morgan fingerprint density at radius 1 is 1.06 bits per heavy atom. The zero-order valence-corrected chi connectivity index (χ0v) is 23.1. The number of rotatable bonds is 7. The number of hydrogen-bond acceptors (Lipinski definition) is 3. The molecule has 0 aromatic heterocycles. The molecule has 0 saturated carbocycles. The third-order valence-electron chi connectivity index (χ3n) is 8.62. The molecule has 0 amide bonds. The molecule has 5 heteroatoms. The van der Waals surface area contributed by atoms with E-state index in [4.69, 9.17) is 4.74 Å². The van der Waals surface area contributed by atoms with Gasteiger partial charge < -0.3 is 4.74 Å². The van der Waals surface area contributed by atoms with E-state index in [2.05, 4.69) is 102 Å². The molecule has 1 aliphatic carbocycles. The smallest absolute Gasteiger partial charge is 0.320 e. The first-order chi connectivity index (χ1) is 15.2. The molecule has 1 unspecified atom stereocenters. The molecule has 3 rings (SSSR count). The first-order valence-electron chi connectivity index (χ1n) is 12.0. The molecular weight excluding hydrogens is 425 g/mol. The largest absolute Gasteiger partial charge is 0.468 e. The van der Waals surface area contributed by atoms with Crippen LogP contribution in [-0.2, 0) is 16.0 Å². The summed E-state index contributed by atoms with van der Waals surface area (Å²) in [6, 6.07) is 14.0. The van der Waals surface area contributed by atoms with Crippen molar-refractivity contribution >= 4 is 28.4 Å². The minimum absolute atomic E-state index is 0.226. The van der Waals surface area contributed by atoms with E-state index in [1.165, 1.54) is 39.7 Å². The Bertz CT molecular complexity index is 1040. The molecule has 0 aliphatic heterocycles. The van der Waals surface area contributed by atoms with E-state index in [-0.39, 0.29) is 23.3 Å². The Morgan fingerprint density at radius 3 is 2.33 bits per heavy atom. The summed E-state index contributed by atoms with van der Waals surface area (Å²) in [5.74, 6) is 0.332. The number of methoxy groups -OCH3 is 1. The van der Waals surface area contributed by atoms with Crippen molar-refractivity contribution in [3.63, 3.8) is 0 Å². The molecule has 3 nitrogen and oxygen atoms in total. The molecule has 1 N–H and O–H groups in total. The summed E-state index contributed by atoms with van der Waals surface area (Å²) in [5.41, 5.74) is 7.44. The van der Waals surface area contributed by atoms with Gasteiger partial charge in [-0.1, -0.05) is 83.9 Å². The zero-order valence-electron chi connectivity index (χ0n) is 22.3. The molecule has 1 atom stereocenters. The number of hydrogen-bond donors (Lipinski definition) is 1. The molecule has 0 fully saturated rings. The average molecular weight is 468 g/mol. The van der Waals surface area contributed by atoms with E-state index in [0.29, 0.717) is 12.5 Å². The van der Waals surface area contributed by atoms with Crippen LogP contribution in [0.15, 0.2) is 41.3 Å². The molecule has 180 valence electrons. The first kappa shape index (κ1) is 25.9. The lowest BCUT2D eigenvalue weighted by Gasteiger charge is -2.45. The van der Waals surface area contributed by atoms with Crippen molar-refractivity contribution in [2.75, 3.05) is 26.2 Å². The molecule has 1 aliphatic rings. The second-order valence-electron chi connectivity index (χ2n) is 11.7. The summed E-state index contributed by atoms with van der Waals surface area (Å²) in [5, 5.41) is 0. The molecule has 0 saturated heterocycles. The summed E-state index contributed by atoms with van der Waals surface area (Å²) in [6.07, 6.45) is 5.36. The van der Waals surface area contributed by atoms with Crippen molar-refractivity contribution in [1.82, 2.24) is 4.72 Å². The Kier molecular flexibility index (Phi) is 7.18. The van der Waals surface area contributed by atoms with Crippen molar-refractivity contribution in [3.05, 3.63) is 47.5 Å². The number of ether oxygens (including phenoxy) is 1. The number of nitrogens with one attached hydrogen (secondary N) is 1. The SMILES string of the molecule is COC(=O)CNS(C)(C)c1ccc2c(c1)Cc1ccc(B(C)C(C)C(C)(C)C(C)(C)C)cc1-2. The summed E-state index contributed by atoms with van der Waals surface area (Å²) in [7, 11) is 0.141. The first-order valence-corrected chi connectivity index (χ1v) is 14.4. The topological polar surface area (TPSA) is 38.3 Å². The van der Waals surface area contributed by atoms with Gasteiger partial charge in [-0.3, -0.25) is 9.52 Å². The standard InChI is InChI=1S/C28H42BNO2S/c1-19(28(5,6)27(2,3)4)29(7)22-12-11-20-15-21-16-23(13-14-24(21)25(20)17-22)33(9,10)30-18-26(31)32-8/h11-14,16-17,19,30H,15,18H2,1-10H3. The molecule has 0 radical (unpaired) electrons. The Morgan fingerprint density at radius 2 is 1.73 bits per heavy atom. The number of benzene rings is 2. The minimum atomic E-state index is -1.29. The number of esters is 1. The molecule has 0 spiro atoms. The van der Waals surface area contributed by atoms with Gasteiger partial charge in [-0.25, -0.2) is 0 Å². The maximum atomic E-state index is 11.6. The van der Waals surface area contributed by atoms with Crippen LogP contribution in [-0.4, -0.2) is 38.8 Å². The Labute approximate surface area is 203 Å². The quantitative estimate of drug-likeness (QED) is 0.334. The van der Waals surface area contributed by atoms with E-state index >= 15 is 0 Å². The van der Waals surface area contributed by atoms with Crippen LogP contribution in [0, 0.1) is 10.8 Å². The van der Waals surface area contributed by atoms with Crippen LogP contribution in [0.4, 0.5) is 0 Å². The van der Waals surface area contributed by atoms with Crippen LogP contribution in [0.2, 0.25) is 12.6 Å². The van der Waals surface area contributed by atoms with Gasteiger partial charge in [-0.15, -0.1) is 0 Å². The summed E-state index contributed by atoms with van der Waals surface area (Å²) in [6.45, 7) is 17.4. The highest BCUT2D eigenvalue weighted by Gasteiger charge is 2.41. The third-order valence-corrected chi connectivity index (χ3v) is 10.9. The Balaban J connectivity index is 1.87. The van der Waals surface area contributed by atoms with Gasteiger partial charge >= 0.3 is 5.97 Å². The second kappa shape index (κ2) is 9.15. The van der Waals surface area contributed by atoms with Gasteiger partial charge in [0.2, 0.25) is 0 Å². The molecule has 2 aromatic carbocycles. The highest BCUT2D eigenvalue weighted by Crippen LogP contribution is 2.49. The van der Waals surface area contributed by atoms with Crippen molar-refractivity contribution < 1.29 is 9.53 Å². The highest BCUT2D eigenvalue weighted by molar-refractivity contribution is 8.31. The third kappa shape index (κ3) is 5.05. The monoisotopic (exact) mass is 467 g/mol. The Hall–Kier alpha value is -1.72. The van der Waals surface area contributed by atoms with Crippen LogP contribution >= 0.6 is 10.2 Å². The predicted molar refractivity (Wildman–Crippen MR) is 146 cm³/mol. The fourth-order valence-electron chi connectivity index (χ4n) is 4.78. The second-order valence-corrected chi connectivity index (χ2v) is 15.1. The van der Waals surface area contributed by atoms with Gasteiger partial charge in [0.1, 0.15) is 6.54 Å². The van der Waals surface area contributed by atoms with Gasteiger partial charge in [0, 0.05) is 4.90 Å². The molecule has 0 bridgehead atoms. The maximum absolute atomic E-state index is 11.6. The molecule has 0 heterocycles. The van der Waals surface area contributed by atoms with Gasteiger partial charge in [0.25, 0.3) is 0 Å².